The summed E-state index contributed by atoms with van der Waals surface area (Å²) in [6, 6.07) is 4.73. The van der Waals surface area contributed by atoms with E-state index >= 15 is 0 Å². The van der Waals surface area contributed by atoms with Gasteiger partial charge in [0.2, 0.25) is 10.0 Å². The summed E-state index contributed by atoms with van der Waals surface area (Å²) in [5, 5.41) is 0.430. The first-order chi connectivity index (χ1) is 8.38. The maximum Gasteiger partial charge on any atom is 0.233 e. The van der Waals surface area contributed by atoms with Crippen LogP contribution in [-0.2, 0) is 10.0 Å². The minimum Gasteiger partial charge on any atom is -0.495 e. The quantitative estimate of drug-likeness (QED) is 0.822. The van der Waals surface area contributed by atoms with Gasteiger partial charge in [-0.15, -0.1) is 11.6 Å². The Balaban J connectivity index is 2.93. The van der Waals surface area contributed by atoms with Crippen LogP contribution in [0.3, 0.4) is 0 Å². The Morgan fingerprint density at radius 1 is 1.44 bits per heavy atom. The molecule has 0 spiro atoms. The maximum atomic E-state index is 11.9. The van der Waals surface area contributed by atoms with Crippen molar-refractivity contribution in [1.82, 2.24) is 0 Å². The van der Waals surface area contributed by atoms with Crippen molar-refractivity contribution >= 4 is 38.9 Å². The van der Waals surface area contributed by atoms with E-state index in [1.54, 1.807) is 19.1 Å². The Morgan fingerprint density at radius 2 is 2.11 bits per heavy atom. The van der Waals surface area contributed by atoms with Crippen LogP contribution in [0.5, 0.6) is 5.75 Å². The smallest absolute Gasteiger partial charge is 0.233 e. The predicted molar refractivity (Wildman–Crippen MR) is 75.3 cm³/mol. The van der Waals surface area contributed by atoms with Gasteiger partial charge in [-0.05, 0) is 24.1 Å². The minimum absolute atomic E-state index is 0.0494. The van der Waals surface area contributed by atoms with E-state index in [1.165, 1.54) is 13.2 Å². The molecule has 18 heavy (non-hydrogen) atoms. The van der Waals surface area contributed by atoms with Crippen molar-refractivity contribution in [3.63, 3.8) is 0 Å². The first-order valence-electron chi connectivity index (χ1n) is 5.28. The summed E-state index contributed by atoms with van der Waals surface area (Å²) in [6.07, 6.45) is 0. The molecule has 1 aromatic carbocycles. The summed E-state index contributed by atoms with van der Waals surface area (Å²) < 4.78 is 31.3. The molecule has 0 bridgehead atoms. The van der Waals surface area contributed by atoms with Gasteiger partial charge in [0.1, 0.15) is 5.75 Å². The second-order valence-electron chi connectivity index (χ2n) is 3.99. The van der Waals surface area contributed by atoms with Crippen molar-refractivity contribution in [2.45, 2.75) is 6.92 Å². The van der Waals surface area contributed by atoms with Crippen LogP contribution in [0.15, 0.2) is 18.2 Å². The zero-order valence-electron chi connectivity index (χ0n) is 10.1. The van der Waals surface area contributed by atoms with Crippen LogP contribution in [0.2, 0.25) is 5.02 Å². The number of methoxy groups -OCH3 is 1. The van der Waals surface area contributed by atoms with E-state index < -0.39 is 10.0 Å². The van der Waals surface area contributed by atoms with Crippen LogP contribution < -0.4 is 9.46 Å². The highest BCUT2D eigenvalue weighted by Gasteiger charge is 2.17. The normalized spacial score (nSPS) is 13.1. The lowest BCUT2D eigenvalue weighted by molar-refractivity contribution is 0.417. The van der Waals surface area contributed by atoms with Crippen LogP contribution in [0.25, 0.3) is 0 Å². The third-order valence-electron chi connectivity index (χ3n) is 2.19. The monoisotopic (exact) mass is 311 g/mol. The second-order valence-corrected chi connectivity index (χ2v) is 6.50. The zero-order chi connectivity index (χ0) is 13.8. The van der Waals surface area contributed by atoms with Gasteiger partial charge in [-0.2, -0.15) is 0 Å². The van der Waals surface area contributed by atoms with E-state index in [9.17, 15) is 8.42 Å². The summed E-state index contributed by atoms with van der Waals surface area (Å²) in [6.45, 7) is 1.77. The van der Waals surface area contributed by atoms with Gasteiger partial charge in [-0.25, -0.2) is 8.42 Å². The molecule has 0 heterocycles. The van der Waals surface area contributed by atoms with Crippen molar-refractivity contribution < 1.29 is 13.2 Å². The van der Waals surface area contributed by atoms with Gasteiger partial charge in [0.25, 0.3) is 0 Å². The van der Waals surface area contributed by atoms with Gasteiger partial charge in [0, 0.05) is 10.9 Å². The zero-order valence-corrected chi connectivity index (χ0v) is 12.4. The molecule has 1 rings (SSSR count). The Labute approximate surface area is 117 Å². The van der Waals surface area contributed by atoms with Gasteiger partial charge in [-0.1, -0.05) is 18.5 Å². The van der Waals surface area contributed by atoms with Crippen molar-refractivity contribution in [2.75, 3.05) is 23.5 Å². The maximum absolute atomic E-state index is 11.9. The molecule has 0 aliphatic heterocycles. The highest BCUT2D eigenvalue weighted by atomic mass is 35.5. The molecule has 0 saturated heterocycles. The fourth-order valence-electron chi connectivity index (χ4n) is 1.39. The van der Waals surface area contributed by atoms with Gasteiger partial charge in [0.15, 0.2) is 0 Å². The number of hydrogen-bond acceptors (Lipinski definition) is 3. The number of hydrogen-bond donors (Lipinski definition) is 1. The Bertz CT molecular complexity index is 505. The number of nitrogens with one attached hydrogen (secondary N) is 1. The van der Waals surface area contributed by atoms with Crippen LogP contribution >= 0.6 is 23.2 Å². The lowest BCUT2D eigenvalue weighted by atomic mass is 10.3. The van der Waals surface area contributed by atoms with E-state index in [0.717, 1.165) is 0 Å². The summed E-state index contributed by atoms with van der Waals surface area (Å²) in [4.78, 5) is 0. The molecule has 0 radical (unpaired) electrons. The Kier molecular flexibility index (Phi) is 5.56. The molecule has 0 aromatic heterocycles. The third kappa shape index (κ3) is 4.55. The predicted octanol–water partition coefficient (Wildman–Crippen LogP) is 2.97. The van der Waals surface area contributed by atoms with E-state index in [2.05, 4.69) is 4.72 Å². The molecule has 0 fully saturated rings. The molecule has 7 heteroatoms. The molecular weight excluding hydrogens is 297 g/mol. The third-order valence-corrected chi connectivity index (χ3v) is 4.50. The molecule has 1 atom stereocenters. The molecule has 1 aromatic rings. The molecule has 0 aliphatic carbocycles. The molecular formula is C11H15Cl2NO3S. The van der Waals surface area contributed by atoms with Gasteiger partial charge in [-0.3, -0.25) is 4.72 Å². The van der Waals surface area contributed by atoms with E-state index in [-0.39, 0.29) is 17.6 Å². The van der Waals surface area contributed by atoms with Gasteiger partial charge >= 0.3 is 0 Å². The van der Waals surface area contributed by atoms with Crippen LogP contribution in [0.4, 0.5) is 5.69 Å². The SMILES string of the molecule is COc1ccc(Cl)cc1NS(=O)(=O)CC(C)CCl. The van der Waals surface area contributed by atoms with E-state index in [4.69, 9.17) is 27.9 Å². The average Bonchev–Trinajstić information content (AvgIpc) is 2.28. The molecule has 102 valence electrons. The summed E-state index contributed by atoms with van der Waals surface area (Å²) in [5.74, 6) is 0.524. The highest BCUT2D eigenvalue weighted by Crippen LogP contribution is 2.28. The second kappa shape index (κ2) is 6.50. The van der Waals surface area contributed by atoms with Crippen LogP contribution in [0.1, 0.15) is 6.92 Å². The molecule has 0 aliphatic rings. The standard InChI is InChI=1S/C11H15Cl2NO3S/c1-8(6-12)7-18(15,16)14-10-5-9(13)3-4-11(10)17-2/h3-5,8,14H,6-7H2,1-2H3. The van der Waals surface area contributed by atoms with Crippen molar-refractivity contribution in [2.24, 2.45) is 5.92 Å². The lowest BCUT2D eigenvalue weighted by Gasteiger charge is -2.13. The Hall–Kier alpha value is -0.650. The van der Waals surface area contributed by atoms with E-state index in [0.29, 0.717) is 16.5 Å². The molecule has 1 unspecified atom stereocenters. The number of benzene rings is 1. The molecule has 0 amide bonds. The first kappa shape index (κ1) is 15.4. The number of alkyl halides is 1. The lowest BCUT2D eigenvalue weighted by Crippen LogP contribution is -2.22. The fraction of sp³-hybridized carbons (Fsp3) is 0.455. The number of sulfonamides is 1. The number of anilines is 1. The summed E-state index contributed by atoms with van der Waals surface area (Å²) in [5.41, 5.74) is 0.326. The number of halogens is 2. The summed E-state index contributed by atoms with van der Waals surface area (Å²) in [7, 11) is -2.01. The van der Waals surface area contributed by atoms with Crippen LogP contribution in [-0.4, -0.2) is 27.2 Å². The molecule has 4 nitrogen and oxygen atoms in total. The van der Waals surface area contributed by atoms with Crippen LogP contribution in [0, 0.1) is 5.92 Å². The number of rotatable bonds is 6. The molecule has 0 saturated carbocycles. The summed E-state index contributed by atoms with van der Waals surface area (Å²) >= 11 is 11.4. The van der Waals surface area contributed by atoms with Crippen molar-refractivity contribution in [3.8, 4) is 5.75 Å². The largest absolute Gasteiger partial charge is 0.495 e. The highest BCUT2D eigenvalue weighted by molar-refractivity contribution is 7.92. The average molecular weight is 312 g/mol. The number of ether oxygens (including phenoxy) is 1. The molecule has 1 N–H and O–H groups in total. The minimum atomic E-state index is -3.47. The Morgan fingerprint density at radius 3 is 2.67 bits per heavy atom. The van der Waals surface area contributed by atoms with Crippen molar-refractivity contribution in [1.29, 1.82) is 0 Å². The van der Waals surface area contributed by atoms with Crippen molar-refractivity contribution in [3.05, 3.63) is 23.2 Å². The van der Waals surface area contributed by atoms with Gasteiger partial charge < -0.3 is 4.74 Å². The van der Waals surface area contributed by atoms with Gasteiger partial charge in [0.05, 0.1) is 18.6 Å². The fourth-order valence-corrected chi connectivity index (χ4v) is 3.24. The first-order valence-corrected chi connectivity index (χ1v) is 7.84. The topological polar surface area (TPSA) is 55.4 Å². The van der Waals surface area contributed by atoms with E-state index in [1.807, 2.05) is 0 Å².